The maximum Gasteiger partial charge on any atom is 0.238 e. The Balaban J connectivity index is 1.73. The number of hydrogen-bond donors (Lipinski definition) is 1. The van der Waals surface area contributed by atoms with Crippen LogP contribution in [0.4, 0.5) is 4.39 Å². The van der Waals surface area contributed by atoms with Crippen LogP contribution in [0.1, 0.15) is 50.5 Å². The Morgan fingerprint density at radius 1 is 1.28 bits per heavy atom. The third-order valence-corrected chi connectivity index (χ3v) is 5.61. The first-order valence-corrected chi connectivity index (χ1v) is 9.82. The van der Waals surface area contributed by atoms with Gasteiger partial charge in [-0.1, -0.05) is 12.3 Å². The molecule has 29 heavy (non-hydrogen) atoms. The number of nitrogens with zero attached hydrogens (tertiary/aromatic N) is 3. The molecule has 0 aromatic heterocycles. The molecule has 6 nitrogen and oxygen atoms in total. The van der Waals surface area contributed by atoms with Crippen LogP contribution in [0.25, 0.3) is 0 Å². The van der Waals surface area contributed by atoms with Gasteiger partial charge in [0.1, 0.15) is 23.7 Å². The van der Waals surface area contributed by atoms with E-state index in [0.717, 1.165) is 19.3 Å². The maximum atomic E-state index is 14.0. The molecule has 1 heterocycles. The second kappa shape index (κ2) is 8.95. The van der Waals surface area contributed by atoms with Crippen molar-refractivity contribution in [3.8, 4) is 30.2 Å². The Kier molecular flexibility index (Phi) is 6.37. The van der Waals surface area contributed by atoms with E-state index in [2.05, 4.69) is 17.3 Å². The summed E-state index contributed by atoms with van der Waals surface area (Å²) in [5.74, 6) is 2.02. The number of ether oxygens (including phenoxy) is 1. The van der Waals surface area contributed by atoms with Crippen LogP contribution in [0.2, 0.25) is 0 Å². The highest BCUT2D eigenvalue weighted by atomic mass is 19.1. The smallest absolute Gasteiger partial charge is 0.238 e. The summed E-state index contributed by atoms with van der Waals surface area (Å²) in [5, 5.41) is 21.4. The molecule has 0 radical (unpaired) electrons. The number of carbonyl (C=O) groups excluding carboxylic acids is 1. The first-order chi connectivity index (χ1) is 14.0. The second-order valence-corrected chi connectivity index (χ2v) is 7.47. The number of amides is 1. The van der Waals surface area contributed by atoms with E-state index in [-0.39, 0.29) is 24.1 Å². The molecule has 2 aliphatic rings. The fourth-order valence-corrected chi connectivity index (χ4v) is 4.09. The zero-order valence-electron chi connectivity index (χ0n) is 16.2. The van der Waals surface area contributed by atoms with Crippen molar-refractivity contribution in [2.75, 3.05) is 6.54 Å². The van der Waals surface area contributed by atoms with Crippen molar-refractivity contribution in [3.05, 3.63) is 29.6 Å². The first kappa shape index (κ1) is 20.6. The van der Waals surface area contributed by atoms with Gasteiger partial charge in [-0.15, -0.1) is 6.42 Å². The lowest BCUT2D eigenvalue weighted by Crippen LogP contribution is -2.55. The summed E-state index contributed by atoms with van der Waals surface area (Å²) in [6.45, 7) is -0.0187. The van der Waals surface area contributed by atoms with E-state index in [0.29, 0.717) is 31.4 Å². The predicted octanol–water partition coefficient (Wildman–Crippen LogP) is 2.84. The SMILES string of the molecule is C#C[C@H]1CC[C@@H](C#N)N1C(=O)CNC1(Oc2ccc(C#N)c(F)c2)CCCCC1. The summed E-state index contributed by atoms with van der Waals surface area (Å²) >= 11 is 0. The minimum atomic E-state index is -0.804. The standard InChI is InChI=1S/C22H23FN4O2/c1-2-17-7-8-18(14-25)27(17)21(28)15-26-22(10-4-3-5-11-22)29-19-9-6-16(13-24)20(23)12-19/h1,6,9,12,17-18,26H,3-5,7-8,10-11,15H2/t17-,18-/m0/s1. The number of carbonyl (C=O) groups is 1. The normalized spacial score (nSPS) is 22.9. The van der Waals surface area contributed by atoms with E-state index in [9.17, 15) is 14.4 Å². The van der Waals surface area contributed by atoms with Crippen LogP contribution in [0.5, 0.6) is 5.75 Å². The molecular weight excluding hydrogens is 371 g/mol. The van der Waals surface area contributed by atoms with Gasteiger partial charge in [-0.05, 0) is 37.8 Å². The van der Waals surface area contributed by atoms with Crippen LogP contribution in [0.15, 0.2) is 18.2 Å². The number of nitrogens with one attached hydrogen (secondary N) is 1. The number of likely N-dealkylation sites (tertiary alicyclic amines) is 1. The lowest BCUT2D eigenvalue weighted by molar-refractivity contribution is -0.133. The molecule has 1 aromatic carbocycles. The number of benzene rings is 1. The number of rotatable bonds is 5. The molecule has 1 aliphatic heterocycles. The maximum absolute atomic E-state index is 14.0. The van der Waals surface area contributed by atoms with Gasteiger partial charge < -0.3 is 9.64 Å². The second-order valence-electron chi connectivity index (χ2n) is 7.47. The molecule has 1 N–H and O–H groups in total. The molecular formula is C22H23FN4O2. The highest BCUT2D eigenvalue weighted by Gasteiger charge is 2.39. The third kappa shape index (κ3) is 4.50. The molecule has 2 fully saturated rings. The van der Waals surface area contributed by atoms with E-state index in [4.69, 9.17) is 16.4 Å². The van der Waals surface area contributed by atoms with Crippen molar-refractivity contribution in [2.45, 2.75) is 62.8 Å². The van der Waals surface area contributed by atoms with E-state index in [1.54, 1.807) is 12.1 Å². The number of terminal acetylenes is 1. The molecule has 0 spiro atoms. The third-order valence-electron chi connectivity index (χ3n) is 5.61. The summed E-state index contributed by atoms with van der Waals surface area (Å²) in [4.78, 5) is 14.3. The van der Waals surface area contributed by atoms with E-state index in [1.165, 1.54) is 17.0 Å². The van der Waals surface area contributed by atoms with Crippen molar-refractivity contribution in [1.82, 2.24) is 10.2 Å². The van der Waals surface area contributed by atoms with Crippen molar-refractivity contribution in [2.24, 2.45) is 0 Å². The van der Waals surface area contributed by atoms with Gasteiger partial charge in [0.15, 0.2) is 5.72 Å². The molecule has 1 aromatic rings. The zero-order valence-corrected chi connectivity index (χ0v) is 16.2. The average Bonchev–Trinajstić information content (AvgIpc) is 3.16. The van der Waals surface area contributed by atoms with E-state index in [1.807, 2.05) is 0 Å². The number of halogens is 1. The van der Waals surface area contributed by atoms with Crippen LogP contribution < -0.4 is 10.1 Å². The van der Waals surface area contributed by atoms with Crippen molar-refractivity contribution < 1.29 is 13.9 Å². The van der Waals surface area contributed by atoms with E-state index < -0.39 is 17.6 Å². The Hall–Kier alpha value is -3.08. The van der Waals surface area contributed by atoms with Gasteiger partial charge in [-0.2, -0.15) is 10.5 Å². The molecule has 0 unspecified atom stereocenters. The van der Waals surface area contributed by atoms with Crippen LogP contribution in [-0.4, -0.2) is 35.2 Å². The minimum Gasteiger partial charge on any atom is -0.473 e. The fourth-order valence-electron chi connectivity index (χ4n) is 4.09. The summed E-state index contributed by atoms with van der Waals surface area (Å²) < 4.78 is 20.1. The number of hydrogen-bond acceptors (Lipinski definition) is 5. The molecule has 1 amide bonds. The van der Waals surface area contributed by atoms with Gasteiger partial charge >= 0.3 is 0 Å². The lowest BCUT2D eigenvalue weighted by Gasteiger charge is -2.39. The first-order valence-electron chi connectivity index (χ1n) is 9.82. The molecule has 7 heteroatoms. The quantitative estimate of drug-likeness (QED) is 0.613. The highest BCUT2D eigenvalue weighted by molar-refractivity contribution is 5.80. The van der Waals surface area contributed by atoms with Crippen molar-refractivity contribution in [1.29, 1.82) is 10.5 Å². The minimum absolute atomic E-state index is 0.0187. The number of nitriles is 2. The molecule has 0 bridgehead atoms. The largest absolute Gasteiger partial charge is 0.473 e. The predicted molar refractivity (Wildman–Crippen MR) is 104 cm³/mol. The molecule has 150 valence electrons. The molecule has 1 saturated carbocycles. The van der Waals surface area contributed by atoms with Crippen LogP contribution in [0.3, 0.4) is 0 Å². The molecule has 3 rings (SSSR count). The van der Waals surface area contributed by atoms with Crippen LogP contribution in [0, 0.1) is 40.8 Å². The van der Waals surface area contributed by atoms with Gasteiger partial charge in [0.25, 0.3) is 0 Å². The molecule has 1 aliphatic carbocycles. The highest BCUT2D eigenvalue weighted by Crippen LogP contribution is 2.32. The Morgan fingerprint density at radius 2 is 2.00 bits per heavy atom. The van der Waals surface area contributed by atoms with Gasteiger partial charge in [-0.25, -0.2) is 4.39 Å². The van der Waals surface area contributed by atoms with Crippen LogP contribution in [-0.2, 0) is 4.79 Å². The zero-order chi connectivity index (χ0) is 20.9. The summed E-state index contributed by atoms with van der Waals surface area (Å²) in [6.07, 6.45) is 10.9. The van der Waals surface area contributed by atoms with Crippen LogP contribution >= 0.6 is 0 Å². The fraction of sp³-hybridized carbons (Fsp3) is 0.500. The average molecular weight is 394 g/mol. The lowest BCUT2D eigenvalue weighted by atomic mass is 9.91. The van der Waals surface area contributed by atoms with E-state index >= 15 is 0 Å². The van der Waals surface area contributed by atoms with Gasteiger partial charge in [0.05, 0.1) is 24.2 Å². The Morgan fingerprint density at radius 3 is 2.62 bits per heavy atom. The summed E-state index contributed by atoms with van der Waals surface area (Å²) in [5.41, 5.74) is -0.850. The Labute approximate surface area is 170 Å². The van der Waals surface area contributed by atoms with Gasteiger partial charge in [-0.3, -0.25) is 10.1 Å². The molecule has 1 saturated heterocycles. The monoisotopic (exact) mass is 394 g/mol. The van der Waals surface area contributed by atoms with Crippen molar-refractivity contribution >= 4 is 5.91 Å². The topological polar surface area (TPSA) is 89.2 Å². The van der Waals surface area contributed by atoms with Crippen molar-refractivity contribution in [3.63, 3.8) is 0 Å². The summed E-state index contributed by atoms with van der Waals surface area (Å²) in [7, 11) is 0. The van der Waals surface area contributed by atoms with Gasteiger partial charge in [0, 0.05) is 18.9 Å². The Bertz CT molecular complexity index is 868. The summed E-state index contributed by atoms with van der Waals surface area (Å²) in [6, 6.07) is 7.18. The molecule has 2 atom stereocenters. The van der Waals surface area contributed by atoms with Gasteiger partial charge in [0.2, 0.25) is 5.91 Å².